The molecule has 3 aromatic carbocycles. The molecule has 0 spiro atoms. The first kappa shape index (κ1) is 22.1. The van der Waals surface area contributed by atoms with Crippen LogP contribution in [0.15, 0.2) is 116 Å². The Bertz CT molecular complexity index is 1490. The average Bonchev–Trinajstić information content (AvgIpc) is 3.49. The van der Waals surface area contributed by atoms with E-state index in [1.165, 1.54) is 24.3 Å². The Morgan fingerprint density at radius 3 is 1.31 bits per heavy atom. The van der Waals surface area contributed by atoms with E-state index < -0.39 is 20.0 Å². The van der Waals surface area contributed by atoms with E-state index in [0.717, 1.165) is 6.42 Å². The number of sulfonamides is 2. The van der Waals surface area contributed by atoms with E-state index >= 15 is 0 Å². The molecule has 1 saturated carbocycles. The van der Waals surface area contributed by atoms with Crippen molar-refractivity contribution in [1.82, 2.24) is 0 Å². The minimum atomic E-state index is -3.95. The van der Waals surface area contributed by atoms with Gasteiger partial charge in [0.1, 0.15) is 0 Å². The van der Waals surface area contributed by atoms with Crippen LogP contribution in [0.3, 0.4) is 0 Å². The van der Waals surface area contributed by atoms with Gasteiger partial charge in [0.25, 0.3) is 20.0 Å². The molecule has 0 aromatic heterocycles. The molecule has 6 nitrogen and oxygen atoms in total. The van der Waals surface area contributed by atoms with E-state index in [1.54, 1.807) is 36.4 Å². The van der Waals surface area contributed by atoms with Gasteiger partial charge in [-0.2, -0.15) is 25.6 Å². The summed E-state index contributed by atoms with van der Waals surface area (Å²) in [5.41, 5.74) is 2.22. The summed E-state index contributed by atoms with van der Waals surface area (Å²) >= 11 is 0. The zero-order valence-corrected chi connectivity index (χ0v) is 20.2. The molecule has 0 N–H and O–H groups in total. The van der Waals surface area contributed by atoms with Gasteiger partial charge in [-0.15, -0.1) is 0 Å². The summed E-state index contributed by atoms with van der Waals surface area (Å²) in [6.45, 7) is 0. The highest BCUT2D eigenvalue weighted by molar-refractivity contribution is 7.90. The average molecular weight is 503 g/mol. The fraction of sp³-hybridized carbons (Fsp3) is 0.185. The van der Waals surface area contributed by atoms with Crippen molar-refractivity contribution in [2.75, 3.05) is 0 Å². The lowest BCUT2D eigenvalue weighted by Crippen LogP contribution is -2.40. The van der Waals surface area contributed by atoms with Gasteiger partial charge in [0.05, 0.1) is 21.2 Å². The molecule has 35 heavy (non-hydrogen) atoms. The summed E-state index contributed by atoms with van der Waals surface area (Å²) in [5.74, 6) is -0.369. The van der Waals surface area contributed by atoms with Crippen molar-refractivity contribution in [2.24, 2.45) is 32.5 Å². The lowest BCUT2D eigenvalue weighted by Gasteiger charge is -2.36. The number of nitrogens with zero attached hydrogens (tertiary/aromatic N) is 2. The molecule has 0 amide bonds. The van der Waals surface area contributed by atoms with Crippen LogP contribution in [0.5, 0.6) is 0 Å². The maximum Gasteiger partial charge on any atom is 0.282 e. The van der Waals surface area contributed by atoms with Crippen molar-refractivity contribution in [2.45, 2.75) is 16.2 Å². The van der Waals surface area contributed by atoms with E-state index in [0.29, 0.717) is 22.6 Å². The maximum absolute atomic E-state index is 13.3. The molecule has 4 unspecified atom stereocenters. The standard InChI is InChI=1S/C27H22N2O4S2/c30-34(31,20-9-3-1-4-10-20)28-26-22-13-7-8-14-23(22)27(25-19-16-15-18(17-19)24(25)26)29-35(32,33)21-11-5-2-6-12-21/h1-16,18-19,24-25H,17H2. The maximum atomic E-state index is 13.3. The molecule has 0 aliphatic heterocycles. The largest absolute Gasteiger partial charge is 0.282 e. The van der Waals surface area contributed by atoms with Gasteiger partial charge in [0.2, 0.25) is 0 Å². The van der Waals surface area contributed by atoms with Gasteiger partial charge >= 0.3 is 0 Å². The van der Waals surface area contributed by atoms with Crippen molar-refractivity contribution in [3.63, 3.8) is 0 Å². The van der Waals surface area contributed by atoms with E-state index in [-0.39, 0.29) is 33.5 Å². The van der Waals surface area contributed by atoms with Gasteiger partial charge in [-0.05, 0) is 42.5 Å². The lowest BCUT2D eigenvalue weighted by atomic mass is 9.69. The molecule has 8 heteroatoms. The molecule has 0 saturated heterocycles. The van der Waals surface area contributed by atoms with Crippen molar-refractivity contribution >= 4 is 31.5 Å². The Hall–Kier alpha value is -3.36. The molecule has 2 bridgehead atoms. The van der Waals surface area contributed by atoms with Crippen molar-refractivity contribution in [1.29, 1.82) is 0 Å². The van der Waals surface area contributed by atoms with Crippen LogP contribution >= 0.6 is 0 Å². The first-order chi connectivity index (χ1) is 16.9. The molecule has 3 aromatic rings. The predicted octanol–water partition coefficient (Wildman–Crippen LogP) is 4.49. The third kappa shape index (κ3) is 3.68. The highest BCUT2D eigenvalue weighted by atomic mass is 32.2. The topological polar surface area (TPSA) is 93.0 Å². The summed E-state index contributed by atoms with van der Waals surface area (Å²) in [7, 11) is -7.90. The fourth-order valence-corrected chi connectivity index (χ4v) is 7.80. The summed E-state index contributed by atoms with van der Waals surface area (Å²) in [4.78, 5) is 0.262. The Kier molecular flexibility index (Phi) is 5.12. The SMILES string of the molecule is O=S(=O)(N=C1c2ccccc2C(=NS(=O)(=O)c2ccccc2)C2C3C=CC(C3)C12)c1ccccc1. The van der Waals surface area contributed by atoms with E-state index in [1.807, 2.05) is 24.3 Å². The predicted molar refractivity (Wildman–Crippen MR) is 134 cm³/mol. The van der Waals surface area contributed by atoms with Crippen LogP contribution in [0.4, 0.5) is 0 Å². The van der Waals surface area contributed by atoms with Crippen LogP contribution in [0.1, 0.15) is 17.5 Å². The summed E-state index contributed by atoms with van der Waals surface area (Å²) < 4.78 is 61.8. The number of hydrogen-bond donors (Lipinski definition) is 0. The molecule has 0 heterocycles. The Balaban J connectivity index is 1.57. The third-order valence-electron chi connectivity index (χ3n) is 7.09. The van der Waals surface area contributed by atoms with Crippen LogP contribution in [0.25, 0.3) is 0 Å². The number of allylic oxidation sites excluding steroid dienone is 2. The van der Waals surface area contributed by atoms with Crippen LogP contribution in [-0.2, 0) is 20.0 Å². The first-order valence-electron chi connectivity index (χ1n) is 11.4. The smallest absolute Gasteiger partial charge is 0.199 e. The van der Waals surface area contributed by atoms with Gasteiger partial charge in [-0.25, -0.2) is 0 Å². The minimum absolute atomic E-state index is 0.0766. The molecule has 1 fully saturated rings. The molecule has 0 radical (unpaired) electrons. The lowest BCUT2D eigenvalue weighted by molar-refractivity contribution is 0.497. The van der Waals surface area contributed by atoms with E-state index in [4.69, 9.17) is 0 Å². The zero-order chi connectivity index (χ0) is 24.2. The first-order valence-corrected chi connectivity index (χ1v) is 14.3. The Labute approximate surface area is 204 Å². The van der Waals surface area contributed by atoms with Crippen molar-refractivity contribution in [3.8, 4) is 0 Å². The highest BCUT2D eigenvalue weighted by Gasteiger charge is 2.53. The molecular weight excluding hydrogens is 480 g/mol. The fourth-order valence-electron chi connectivity index (χ4n) is 5.63. The molecule has 176 valence electrons. The van der Waals surface area contributed by atoms with E-state index in [2.05, 4.69) is 20.9 Å². The monoisotopic (exact) mass is 502 g/mol. The Morgan fingerprint density at radius 2 is 0.914 bits per heavy atom. The van der Waals surface area contributed by atoms with Gasteiger partial charge in [0, 0.05) is 23.0 Å². The second-order valence-corrected chi connectivity index (χ2v) is 12.3. The van der Waals surface area contributed by atoms with Crippen LogP contribution < -0.4 is 0 Å². The molecule has 6 rings (SSSR count). The number of hydrogen-bond acceptors (Lipinski definition) is 4. The summed E-state index contributed by atoms with van der Waals surface area (Å²) in [6.07, 6.45) is 5.03. The number of benzene rings is 3. The Morgan fingerprint density at radius 1 is 0.543 bits per heavy atom. The van der Waals surface area contributed by atoms with Crippen LogP contribution in [0, 0.1) is 23.7 Å². The highest BCUT2D eigenvalue weighted by Crippen LogP contribution is 2.53. The van der Waals surface area contributed by atoms with Gasteiger partial charge in [-0.1, -0.05) is 72.8 Å². The number of rotatable bonds is 4. The summed E-state index contributed by atoms with van der Waals surface area (Å²) in [5, 5.41) is 0. The second-order valence-electron chi connectivity index (χ2n) is 9.07. The molecule has 3 aliphatic carbocycles. The van der Waals surface area contributed by atoms with Gasteiger partial charge in [-0.3, -0.25) is 0 Å². The second kappa shape index (κ2) is 8.10. The van der Waals surface area contributed by atoms with Crippen LogP contribution in [0.2, 0.25) is 0 Å². The third-order valence-corrected chi connectivity index (χ3v) is 9.70. The summed E-state index contributed by atoms with van der Waals surface area (Å²) in [6, 6.07) is 23.6. The quantitative estimate of drug-likeness (QED) is 0.491. The number of fused-ring (bicyclic) bond motifs is 6. The van der Waals surface area contributed by atoms with Gasteiger partial charge < -0.3 is 0 Å². The molecule has 4 atom stereocenters. The molecular formula is C27H22N2O4S2. The zero-order valence-electron chi connectivity index (χ0n) is 18.6. The van der Waals surface area contributed by atoms with Crippen LogP contribution in [-0.4, -0.2) is 28.3 Å². The molecule has 3 aliphatic rings. The van der Waals surface area contributed by atoms with Crippen molar-refractivity contribution in [3.05, 3.63) is 108 Å². The normalized spacial score (nSPS) is 27.2. The van der Waals surface area contributed by atoms with Gasteiger partial charge in [0.15, 0.2) is 0 Å². The minimum Gasteiger partial charge on any atom is -0.199 e. The van der Waals surface area contributed by atoms with Crippen molar-refractivity contribution < 1.29 is 16.8 Å². The van der Waals surface area contributed by atoms with E-state index in [9.17, 15) is 16.8 Å².